The number of aliphatic hydroxyl groups excluding tert-OH is 1. The van der Waals surface area contributed by atoms with Gasteiger partial charge in [0.15, 0.2) is 17.6 Å². The van der Waals surface area contributed by atoms with Crippen LogP contribution in [0.25, 0.3) is 0 Å². The Morgan fingerprint density at radius 1 is 1.29 bits per heavy atom. The fraction of sp³-hybridized carbons (Fsp3) is 0.538. The van der Waals surface area contributed by atoms with Crippen LogP contribution in [0.15, 0.2) is 18.2 Å². The van der Waals surface area contributed by atoms with Crippen molar-refractivity contribution in [3.05, 3.63) is 18.2 Å². The van der Waals surface area contributed by atoms with Gasteiger partial charge in [0.2, 0.25) is 5.75 Å². The van der Waals surface area contributed by atoms with Crippen molar-refractivity contribution in [3.8, 4) is 17.2 Å². The molecular formula is C13H16O4. The van der Waals surface area contributed by atoms with Crippen LogP contribution in [-0.4, -0.2) is 30.5 Å². The van der Waals surface area contributed by atoms with Crippen molar-refractivity contribution < 1.29 is 19.3 Å². The first-order chi connectivity index (χ1) is 8.29. The number of rotatable bonds is 1. The quantitative estimate of drug-likeness (QED) is 0.807. The molecule has 1 aliphatic heterocycles. The number of benzene rings is 1. The predicted molar refractivity (Wildman–Crippen MR) is 61.7 cm³/mol. The summed E-state index contributed by atoms with van der Waals surface area (Å²) in [6, 6.07) is 5.55. The zero-order valence-electron chi connectivity index (χ0n) is 9.76. The lowest BCUT2D eigenvalue weighted by atomic mass is 9.91. The lowest BCUT2D eigenvalue weighted by Gasteiger charge is -2.39. The molecule has 1 saturated carbocycles. The van der Waals surface area contributed by atoms with Crippen LogP contribution in [0.2, 0.25) is 0 Å². The topological polar surface area (TPSA) is 47.9 Å². The van der Waals surface area contributed by atoms with Crippen LogP contribution in [0.5, 0.6) is 17.2 Å². The molecule has 0 aromatic heterocycles. The summed E-state index contributed by atoms with van der Waals surface area (Å²) in [6.07, 6.45) is 1.91. The molecule has 1 aliphatic carbocycles. The largest absolute Gasteiger partial charge is 0.493 e. The number of methoxy groups -OCH3 is 1. The summed E-state index contributed by atoms with van der Waals surface area (Å²) in [5.74, 6) is 2.00. The van der Waals surface area contributed by atoms with Crippen molar-refractivity contribution in [1.82, 2.24) is 0 Å². The molecule has 17 heavy (non-hydrogen) atoms. The average Bonchev–Trinajstić information content (AvgIpc) is 2.36. The van der Waals surface area contributed by atoms with Gasteiger partial charge in [-0.15, -0.1) is 0 Å². The molecule has 0 bridgehead atoms. The number of aliphatic hydroxyl groups is 1. The predicted octanol–water partition coefficient (Wildman–Crippen LogP) is 1.75. The maximum atomic E-state index is 9.92. The fourth-order valence-electron chi connectivity index (χ4n) is 2.55. The van der Waals surface area contributed by atoms with Gasteiger partial charge in [-0.25, -0.2) is 0 Å². The van der Waals surface area contributed by atoms with E-state index in [1.165, 1.54) is 0 Å². The Bertz CT molecular complexity index is 418. The Morgan fingerprint density at radius 3 is 3.00 bits per heavy atom. The van der Waals surface area contributed by atoms with E-state index in [0.29, 0.717) is 17.2 Å². The van der Waals surface area contributed by atoms with Gasteiger partial charge in [0.25, 0.3) is 0 Å². The van der Waals surface area contributed by atoms with Crippen LogP contribution >= 0.6 is 0 Å². The molecular weight excluding hydrogens is 220 g/mol. The highest BCUT2D eigenvalue weighted by Gasteiger charge is 2.40. The highest BCUT2D eigenvalue weighted by atomic mass is 16.6. The third-order valence-corrected chi connectivity index (χ3v) is 3.43. The van der Waals surface area contributed by atoms with Gasteiger partial charge in [-0.2, -0.15) is 0 Å². The molecule has 0 saturated heterocycles. The van der Waals surface area contributed by atoms with Crippen molar-refractivity contribution in [3.63, 3.8) is 0 Å². The van der Waals surface area contributed by atoms with Gasteiger partial charge in [0.1, 0.15) is 6.10 Å². The van der Waals surface area contributed by atoms with E-state index < -0.39 is 6.10 Å². The van der Waals surface area contributed by atoms with E-state index in [9.17, 15) is 5.11 Å². The standard InChI is InChI=1S/C13H16O4/c1-15-9-5-3-7-11-13(9)17-10-6-2-4-8(14)12(10)16-11/h3,5,7-8,10,12,14H,2,4,6H2,1H3. The van der Waals surface area contributed by atoms with Gasteiger partial charge in [-0.1, -0.05) is 6.07 Å². The van der Waals surface area contributed by atoms with Crippen LogP contribution in [0.3, 0.4) is 0 Å². The summed E-state index contributed by atoms with van der Waals surface area (Å²) in [4.78, 5) is 0. The van der Waals surface area contributed by atoms with Crippen molar-refractivity contribution in [2.24, 2.45) is 0 Å². The number of hydrogen-bond donors (Lipinski definition) is 1. The van der Waals surface area contributed by atoms with E-state index in [-0.39, 0.29) is 12.2 Å². The Kier molecular flexibility index (Phi) is 2.59. The minimum Gasteiger partial charge on any atom is -0.493 e. The Hall–Kier alpha value is -1.42. The number of hydrogen-bond acceptors (Lipinski definition) is 4. The van der Waals surface area contributed by atoms with Crippen molar-refractivity contribution in [1.29, 1.82) is 0 Å². The second-order valence-electron chi connectivity index (χ2n) is 4.52. The summed E-state index contributed by atoms with van der Waals surface area (Å²) < 4.78 is 17.0. The van der Waals surface area contributed by atoms with Crippen LogP contribution in [0.1, 0.15) is 19.3 Å². The van der Waals surface area contributed by atoms with Crippen LogP contribution in [0, 0.1) is 0 Å². The molecule has 4 nitrogen and oxygen atoms in total. The molecule has 0 spiro atoms. The Balaban J connectivity index is 1.95. The summed E-state index contributed by atoms with van der Waals surface area (Å²) in [6.45, 7) is 0. The van der Waals surface area contributed by atoms with Gasteiger partial charge in [0.05, 0.1) is 13.2 Å². The Labute approximate surface area is 100 Å². The minimum atomic E-state index is -0.437. The zero-order chi connectivity index (χ0) is 11.8. The molecule has 0 amide bonds. The van der Waals surface area contributed by atoms with Crippen molar-refractivity contribution >= 4 is 0 Å². The van der Waals surface area contributed by atoms with Gasteiger partial charge in [-0.05, 0) is 31.4 Å². The highest BCUT2D eigenvalue weighted by molar-refractivity contribution is 5.52. The molecule has 1 aromatic rings. The monoisotopic (exact) mass is 236 g/mol. The third-order valence-electron chi connectivity index (χ3n) is 3.43. The summed E-state index contributed by atoms with van der Waals surface area (Å²) in [5, 5.41) is 9.92. The first kappa shape index (κ1) is 10.7. The highest BCUT2D eigenvalue weighted by Crippen LogP contribution is 2.44. The van der Waals surface area contributed by atoms with Crippen LogP contribution in [-0.2, 0) is 0 Å². The summed E-state index contributed by atoms with van der Waals surface area (Å²) in [5.41, 5.74) is 0. The molecule has 1 aromatic carbocycles. The first-order valence-corrected chi connectivity index (χ1v) is 5.98. The molecule has 4 heteroatoms. The van der Waals surface area contributed by atoms with Crippen LogP contribution < -0.4 is 14.2 Å². The molecule has 1 heterocycles. The van der Waals surface area contributed by atoms with Crippen molar-refractivity contribution in [2.45, 2.75) is 37.6 Å². The lowest BCUT2D eigenvalue weighted by Crippen LogP contribution is -2.50. The second-order valence-corrected chi connectivity index (χ2v) is 4.52. The maximum absolute atomic E-state index is 9.92. The minimum absolute atomic E-state index is 0.0671. The molecule has 92 valence electrons. The number of fused-ring (bicyclic) bond motifs is 2. The molecule has 3 atom stereocenters. The van der Waals surface area contributed by atoms with Gasteiger partial charge >= 0.3 is 0 Å². The van der Waals surface area contributed by atoms with E-state index >= 15 is 0 Å². The number of para-hydroxylation sites is 1. The van der Waals surface area contributed by atoms with E-state index in [1.54, 1.807) is 7.11 Å². The third kappa shape index (κ3) is 1.72. The first-order valence-electron chi connectivity index (χ1n) is 5.98. The molecule has 3 rings (SSSR count). The van der Waals surface area contributed by atoms with Gasteiger partial charge < -0.3 is 19.3 Å². The van der Waals surface area contributed by atoms with Crippen molar-refractivity contribution in [2.75, 3.05) is 7.11 Å². The van der Waals surface area contributed by atoms with E-state index in [1.807, 2.05) is 18.2 Å². The molecule has 0 radical (unpaired) electrons. The SMILES string of the molecule is COc1cccc2c1OC1CCCC(O)C1O2. The number of ether oxygens (including phenoxy) is 3. The average molecular weight is 236 g/mol. The second kappa shape index (κ2) is 4.11. The molecule has 1 fully saturated rings. The molecule has 3 unspecified atom stereocenters. The molecule has 1 N–H and O–H groups in total. The van der Waals surface area contributed by atoms with Crippen LogP contribution in [0.4, 0.5) is 0 Å². The van der Waals surface area contributed by atoms with E-state index in [0.717, 1.165) is 19.3 Å². The normalized spacial score (nSPS) is 30.6. The summed E-state index contributed by atoms with van der Waals surface area (Å²) in [7, 11) is 1.61. The fourth-order valence-corrected chi connectivity index (χ4v) is 2.55. The maximum Gasteiger partial charge on any atom is 0.203 e. The lowest BCUT2D eigenvalue weighted by molar-refractivity contribution is -0.0799. The van der Waals surface area contributed by atoms with E-state index in [2.05, 4.69) is 0 Å². The summed E-state index contributed by atoms with van der Waals surface area (Å²) >= 11 is 0. The van der Waals surface area contributed by atoms with E-state index in [4.69, 9.17) is 14.2 Å². The van der Waals surface area contributed by atoms with Gasteiger partial charge in [0, 0.05) is 0 Å². The smallest absolute Gasteiger partial charge is 0.203 e. The Morgan fingerprint density at radius 2 is 2.18 bits per heavy atom. The molecule has 2 aliphatic rings. The van der Waals surface area contributed by atoms with Gasteiger partial charge in [-0.3, -0.25) is 0 Å². The zero-order valence-corrected chi connectivity index (χ0v) is 9.76.